The molecule has 3 aromatic rings. The quantitative estimate of drug-likeness (QED) is 0.686. The number of amides is 1. The number of anilines is 1. The molecular formula is C17H16N2O6. The van der Waals surface area contributed by atoms with E-state index in [2.05, 4.69) is 10.5 Å². The molecular weight excluding hydrogens is 328 g/mol. The number of esters is 1. The molecule has 1 N–H and O–H groups in total. The number of carbonyl (C=O) groups excluding carboxylic acids is 2. The molecule has 0 fully saturated rings. The van der Waals surface area contributed by atoms with E-state index in [4.69, 9.17) is 18.4 Å². The van der Waals surface area contributed by atoms with Gasteiger partial charge in [-0.25, -0.2) is 4.79 Å². The number of nitrogens with zero attached hydrogens (tertiary/aromatic N) is 1. The van der Waals surface area contributed by atoms with Crippen molar-refractivity contribution < 1.29 is 28.0 Å². The van der Waals surface area contributed by atoms with Crippen LogP contribution >= 0.6 is 0 Å². The van der Waals surface area contributed by atoms with Crippen LogP contribution in [0.25, 0.3) is 11.0 Å². The number of nitrogens with one attached hydrogen (secondary N) is 1. The van der Waals surface area contributed by atoms with Crippen LogP contribution < -0.4 is 5.32 Å². The van der Waals surface area contributed by atoms with Gasteiger partial charge in [-0.1, -0.05) is 23.4 Å². The van der Waals surface area contributed by atoms with Gasteiger partial charge < -0.3 is 23.7 Å². The Morgan fingerprint density at radius 1 is 1.28 bits per heavy atom. The fourth-order valence-corrected chi connectivity index (χ4v) is 2.35. The summed E-state index contributed by atoms with van der Waals surface area (Å²) in [5.41, 5.74) is 1.12. The number of para-hydroxylation sites is 1. The molecule has 1 amide bonds. The summed E-state index contributed by atoms with van der Waals surface area (Å²) in [6.07, 6.45) is 0. The van der Waals surface area contributed by atoms with Crippen LogP contribution in [0, 0.1) is 6.92 Å². The number of aromatic nitrogens is 1. The molecule has 8 heteroatoms. The fraction of sp³-hybridized carbons (Fsp3) is 0.235. The molecule has 0 bridgehead atoms. The maximum Gasteiger partial charge on any atom is 0.375 e. The smallest absolute Gasteiger partial charge is 0.375 e. The Morgan fingerprint density at radius 3 is 2.80 bits per heavy atom. The van der Waals surface area contributed by atoms with Crippen molar-refractivity contribution in [3.05, 3.63) is 47.4 Å². The molecule has 1 aromatic carbocycles. The number of ether oxygens (including phenoxy) is 2. The second-order valence-electron chi connectivity index (χ2n) is 5.29. The Hall–Kier alpha value is -3.13. The van der Waals surface area contributed by atoms with Gasteiger partial charge in [0.15, 0.2) is 12.4 Å². The van der Waals surface area contributed by atoms with Gasteiger partial charge in [0.05, 0.1) is 6.61 Å². The molecule has 25 heavy (non-hydrogen) atoms. The van der Waals surface area contributed by atoms with Crippen molar-refractivity contribution in [3.63, 3.8) is 0 Å². The largest absolute Gasteiger partial charge is 0.450 e. The SMILES string of the molecule is COCc1c(C(=O)OCC(=O)Nc2cc(C)on2)oc2ccccc12. The summed E-state index contributed by atoms with van der Waals surface area (Å²) in [6, 6.07) is 8.74. The third-order valence-electron chi connectivity index (χ3n) is 3.40. The molecule has 0 aliphatic carbocycles. The third-order valence-corrected chi connectivity index (χ3v) is 3.40. The zero-order valence-corrected chi connectivity index (χ0v) is 13.7. The molecule has 0 aliphatic heterocycles. The first-order chi connectivity index (χ1) is 12.1. The summed E-state index contributed by atoms with van der Waals surface area (Å²) in [5, 5.41) is 6.85. The van der Waals surface area contributed by atoms with E-state index in [1.54, 1.807) is 25.1 Å². The Labute approximate surface area is 142 Å². The highest BCUT2D eigenvalue weighted by Gasteiger charge is 2.22. The highest BCUT2D eigenvalue weighted by Crippen LogP contribution is 2.27. The second kappa shape index (κ2) is 7.18. The van der Waals surface area contributed by atoms with Crippen LogP contribution in [0.4, 0.5) is 5.82 Å². The van der Waals surface area contributed by atoms with E-state index in [1.807, 2.05) is 12.1 Å². The Bertz CT molecular complexity index is 911. The Balaban J connectivity index is 1.69. The number of aryl methyl sites for hydroxylation is 1. The molecule has 2 heterocycles. The van der Waals surface area contributed by atoms with E-state index < -0.39 is 18.5 Å². The van der Waals surface area contributed by atoms with Crippen LogP contribution in [0.3, 0.4) is 0 Å². The van der Waals surface area contributed by atoms with Gasteiger partial charge in [0.1, 0.15) is 11.3 Å². The average molecular weight is 344 g/mol. The monoisotopic (exact) mass is 344 g/mol. The number of hydrogen-bond donors (Lipinski definition) is 1. The molecule has 0 unspecified atom stereocenters. The Morgan fingerprint density at radius 2 is 2.08 bits per heavy atom. The maximum atomic E-state index is 12.3. The topological polar surface area (TPSA) is 104 Å². The molecule has 2 aromatic heterocycles. The van der Waals surface area contributed by atoms with E-state index in [9.17, 15) is 9.59 Å². The molecule has 0 atom stereocenters. The van der Waals surface area contributed by atoms with Crippen LogP contribution in [0.5, 0.6) is 0 Å². The molecule has 8 nitrogen and oxygen atoms in total. The van der Waals surface area contributed by atoms with Crippen LogP contribution in [-0.4, -0.2) is 30.7 Å². The van der Waals surface area contributed by atoms with Crippen LogP contribution in [-0.2, 0) is 20.9 Å². The molecule has 0 radical (unpaired) electrons. The normalized spacial score (nSPS) is 10.8. The van der Waals surface area contributed by atoms with Crippen LogP contribution in [0.2, 0.25) is 0 Å². The third kappa shape index (κ3) is 3.69. The van der Waals surface area contributed by atoms with Crippen molar-refractivity contribution >= 4 is 28.7 Å². The molecule has 3 rings (SSSR count). The number of hydrogen-bond acceptors (Lipinski definition) is 7. The molecule has 130 valence electrons. The minimum Gasteiger partial charge on any atom is -0.450 e. The minimum absolute atomic E-state index is 0.0214. The van der Waals surface area contributed by atoms with E-state index >= 15 is 0 Å². The lowest BCUT2D eigenvalue weighted by Crippen LogP contribution is -2.21. The van der Waals surface area contributed by atoms with Crippen molar-refractivity contribution in [2.24, 2.45) is 0 Å². The lowest BCUT2D eigenvalue weighted by atomic mass is 10.1. The van der Waals surface area contributed by atoms with Crippen LogP contribution in [0.15, 0.2) is 39.3 Å². The summed E-state index contributed by atoms with van der Waals surface area (Å²) in [6.45, 7) is 1.40. The van der Waals surface area contributed by atoms with Gasteiger partial charge >= 0.3 is 5.97 Å². The zero-order chi connectivity index (χ0) is 17.8. The van der Waals surface area contributed by atoms with Gasteiger partial charge in [0.25, 0.3) is 5.91 Å². The maximum absolute atomic E-state index is 12.3. The standard InChI is InChI=1S/C17H16N2O6/c1-10-7-14(19-25-10)18-15(20)9-23-17(21)16-12(8-22-2)11-5-3-4-6-13(11)24-16/h3-7H,8-9H2,1-2H3,(H,18,19,20). The van der Waals surface area contributed by atoms with Crippen molar-refractivity contribution in [1.29, 1.82) is 0 Å². The zero-order valence-electron chi connectivity index (χ0n) is 13.7. The van der Waals surface area contributed by atoms with Crippen molar-refractivity contribution in [3.8, 4) is 0 Å². The number of carbonyl (C=O) groups is 2. The van der Waals surface area contributed by atoms with Crippen molar-refractivity contribution in [2.75, 3.05) is 19.0 Å². The van der Waals surface area contributed by atoms with Gasteiger partial charge in [0, 0.05) is 24.1 Å². The average Bonchev–Trinajstić information content (AvgIpc) is 3.17. The second-order valence-corrected chi connectivity index (χ2v) is 5.29. The van der Waals surface area contributed by atoms with Gasteiger partial charge in [0.2, 0.25) is 5.76 Å². The summed E-state index contributed by atoms with van der Waals surface area (Å²) in [4.78, 5) is 24.1. The van der Waals surface area contributed by atoms with Gasteiger partial charge in [-0.2, -0.15) is 0 Å². The lowest BCUT2D eigenvalue weighted by Gasteiger charge is -2.04. The highest BCUT2D eigenvalue weighted by molar-refractivity contribution is 5.98. The number of rotatable bonds is 6. The number of benzene rings is 1. The highest BCUT2D eigenvalue weighted by atomic mass is 16.5. The first-order valence-electron chi connectivity index (χ1n) is 7.48. The lowest BCUT2D eigenvalue weighted by molar-refractivity contribution is -0.119. The van der Waals surface area contributed by atoms with E-state index in [1.165, 1.54) is 7.11 Å². The molecule has 0 aliphatic rings. The number of methoxy groups -OCH3 is 1. The first-order valence-corrected chi connectivity index (χ1v) is 7.48. The summed E-state index contributed by atoms with van der Waals surface area (Å²) < 4.78 is 20.5. The van der Waals surface area contributed by atoms with E-state index in [0.717, 1.165) is 5.39 Å². The molecule has 0 spiro atoms. The number of furan rings is 1. The predicted octanol–water partition coefficient (Wildman–Crippen LogP) is 2.67. The molecule has 0 saturated carbocycles. The van der Waals surface area contributed by atoms with E-state index in [-0.39, 0.29) is 18.2 Å². The predicted molar refractivity (Wildman–Crippen MR) is 87.1 cm³/mol. The first kappa shape index (κ1) is 16.7. The van der Waals surface area contributed by atoms with Gasteiger partial charge in [-0.05, 0) is 13.0 Å². The minimum atomic E-state index is -0.741. The fourth-order valence-electron chi connectivity index (χ4n) is 2.35. The van der Waals surface area contributed by atoms with Crippen molar-refractivity contribution in [2.45, 2.75) is 13.5 Å². The number of fused-ring (bicyclic) bond motifs is 1. The van der Waals surface area contributed by atoms with Gasteiger partial charge in [-0.3, -0.25) is 4.79 Å². The summed E-state index contributed by atoms with van der Waals surface area (Å²) in [5.74, 6) is -0.449. The van der Waals surface area contributed by atoms with Crippen LogP contribution in [0.1, 0.15) is 21.9 Å². The molecule has 0 saturated heterocycles. The summed E-state index contributed by atoms with van der Waals surface area (Å²) >= 11 is 0. The Kier molecular flexibility index (Phi) is 4.80. The summed E-state index contributed by atoms with van der Waals surface area (Å²) in [7, 11) is 1.52. The van der Waals surface area contributed by atoms with Crippen molar-refractivity contribution in [1.82, 2.24) is 5.16 Å². The van der Waals surface area contributed by atoms with Gasteiger partial charge in [-0.15, -0.1) is 0 Å². The van der Waals surface area contributed by atoms with E-state index in [0.29, 0.717) is 16.9 Å².